The normalized spacial score (nSPS) is 12.2. The van der Waals surface area contributed by atoms with Crippen molar-refractivity contribution >= 4 is 17.5 Å². The molecule has 106 valence electrons. The summed E-state index contributed by atoms with van der Waals surface area (Å²) in [6, 6.07) is 3.63. The van der Waals surface area contributed by atoms with Crippen LogP contribution in [0.4, 0.5) is 4.39 Å². The number of rotatable bonds is 3. The van der Waals surface area contributed by atoms with Crippen molar-refractivity contribution in [2.75, 3.05) is 0 Å². The molecule has 0 aliphatic carbocycles. The fraction of sp³-hybridized carbons (Fsp3) is 0.286. The Bertz CT molecular complexity index is 654. The fourth-order valence-corrected chi connectivity index (χ4v) is 2.14. The van der Waals surface area contributed by atoms with Crippen LogP contribution in [-0.2, 0) is 7.05 Å². The van der Waals surface area contributed by atoms with E-state index in [1.54, 1.807) is 10.9 Å². The molecular weight excluding hydrogens is 281 g/mol. The van der Waals surface area contributed by atoms with Gasteiger partial charge in [0.15, 0.2) is 0 Å². The minimum Gasteiger partial charge on any atom is -0.345 e. The molecule has 0 radical (unpaired) electrons. The Balaban J connectivity index is 2.19. The highest BCUT2D eigenvalue weighted by atomic mass is 35.5. The first-order valence-corrected chi connectivity index (χ1v) is 6.52. The number of aryl methyl sites for hydroxylation is 1. The average Bonchev–Trinajstić information content (AvgIpc) is 2.73. The molecule has 0 spiro atoms. The first kappa shape index (κ1) is 14.5. The number of hydrogen-bond acceptors (Lipinski definition) is 2. The number of nitrogens with one attached hydrogen (secondary N) is 1. The molecule has 1 N–H and O–H groups in total. The zero-order valence-electron chi connectivity index (χ0n) is 11.4. The van der Waals surface area contributed by atoms with E-state index < -0.39 is 11.7 Å². The van der Waals surface area contributed by atoms with Gasteiger partial charge in [0.2, 0.25) is 0 Å². The minimum absolute atomic E-state index is 0.0640. The van der Waals surface area contributed by atoms with Crippen LogP contribution < -0.4 is 5.32 Å². The molecule has 1 atom stereocenters. The van der Waals surface area contributed by atoms with Crippen LogP contribution in [0.15, 0.2) is 24.4 Å². The molecule has 0 saturated heterocycles. The molecule has 4 nitrogen and oxygen atoms in total. The van der Waals surface area contributed by atoms with Gasteiger partial charge in [0.25, 0.3) is 5.91 Å². The van der Waals surface area contributed by atoms with Crippen molar-refractivity contribution in [2.24, 2.45) is 7.05 Å². The number of halogens is 2. The third-order valence-electron chi connectivity index (χ3n) is 3.26. The smallest absolute Gasteiger partial charge is 0.254 e. The molecule has 0 aliphatic rings. The van der Waals surface area contributed by atoms with Gasteiger partial charge in [-0.3, -0.25) is 9.48 Å². The third-order valence-corrected chi connectivity index (χ3v) is 3.50. The van der Waals surface area contributed by atoms with Crippen molar-refractivity contribution in [2.45, 2.75) is 19.9 Å². The number of nitrogens with zero attached hydrogens (tertiary/aromatic N) is 2. The highest BCUT2D eigenvalue weighted by Gasteiger charge is 2.18. The number of benzene rings is 1. The van der Waals surface area contributed by atoms with E-state index in [4.69, 9.17) is 11.6 Å². The molecule has 0 fully saturated rings. The highest BCUT2D eigenvalue weighted by Crippen LogP contribution is 2.19. The largest absolute Gasteiger partial charge is 0.345 e. The molecular formula is C14H15ClFN3O. The predicted molar refractivity (Wildman–Crippen MR) is 75.2 cm³/mol. The summed E-state index contributed by atoms with van der Waals surface area (Å²) < 4.78 is 15.3. The van der Waals surface area contributed by atoms with Crippen molar-refractivity contribution in [3.63, 3.8) is 0 Å². The summed E-state index contributed by atoms with van der Waals surface area (Å²) in [5, 5.41) is 7.18. The van der Waals surface area contributed by atoms with E-state index in [9.17, 15) is 9.18 Å². The van der Waals surface area contributed by atoms with Crippen molar-refractivity contribution in [1.29, 1.82) is 0 Å². The number of aromatic nitrogens is 2. The fourth-order valence-electron chi connectivity index (χ4n) is 1.96. The van der Waals surface area contributed by atoms with E-state index in [-0.39, 0.29) is 11.6 Å². The highest BCUT2D eigenvalue weighted by molar-refractivity contribution is 6.31. The molecule has 2 aromatic rings. The number of carbonyl (C=O) groups excluding carboxylic acids is 1. The summed E-state index contributed by atoms with van der Waals surface area (Å²) in [6.45, 7) is 3.73. The summed E-state index contributed by atoms with van der Waals surface area (Å²) in [7, 11) is 1.82. The van der Waals surface area contributed by atoms with Gasteiger partial charge in [-0.05, 0) is 32.0 Å². The second-order valence-electron chi connectivity index (χ2n) is 4.63. The topological polar surface area (TPSA) is 46.9 Å². The van der Waals surface area contributed by atoms with Crippen LogP contribution in [0, 0.1) is 12.7 Å². The molecule has 2 rings (SSSR count). The maximum atomic E-state index is 13.6. The van der Waals surface area contributed by atoms with E-state index in [1.165, 1.54) is 18.2 Å². The average molecular weight is 296 g/mol. The second-order valence-corrected chi connectivity index (χ2v) is 5.06. The first-order chi connectivity index (χ1) is 9.40. The SMILES string of the molecule is Cc1c([C@@H](C)NC(=O)c2cc(Cl)ccc2F)cnn1C. The Labute approximate surface area is 121 Å². The van der Waals surface area contributed by atoms with Gasteiger partial charge in [0, 0.05) is 23.3 Å². The summed E-state index contributed by atoms with van der Waals surface area (Å²) in [5.41, 5.74) is 1.78. The van der Waals surface area contributed by atoms with Crippen LogP contribution >= 0.6 is 11.6 Å². The first-order valence-electron chi connectivity index (χ1n) is 6.14. The van der Waals surface area contributed by atoms with Crippen LogP contribution in [0.2, 0.25) is 5.02 Å². The Morgan fingerprint density at radius 1 is 1.50 bits per heavy atom. The summed E-state index contributed by atoms with van der Waals surface area (Å²) >= 11 is 5.78. The maximum Gasteiger partial charge on any atom is 0.254 e. The van der Waals surface area contributed by atoms with Gasteiger partial charge in [-0.25, -0.2) is 4.39 Å². The molecule has 1 amide bonds. The Morgan fingerprint density at radius 3 is 2.80 bits per heavy atom. The molecule has 0 unspecified atom stereocenters. The van der Waals surface area contributed by atoms with E-state index >= 15 is 0 Å². The molecule has 6 heteroatoms. The van der Waals surface area contributed by atoms with Crippen molar-refractivity contribution in [1.82, 2.24) is 15.1 Å². The van der Waals surface area contributed by atoms with Gasteiger partial charge in [0.1, 0.15) is 5.82 Å². The van der Waals surface area contributed by atoms with Gasteiger partial charge in [-0.1, -0.05) is 11.6 Å². The molecule has 1 heterocycles. The molecule has 0 bridgehead atoms. The number of amides is 1. The van der Waals surface area contributed by atoms with Crippen molar-refractivity contribution in [3.05, 3.63) is 52.1 Å². The van der Waals surface area contributed by atoms with Gasteiger partial charge in [0.05, 0.1) is 17.8 Å². The Morgan fingerprint density at radius 2 is 2.20 bits per heavy atom. The summed E-state index contributed by atoms with van der Waals surface area (Å²) in [5.74, 6) is -1.09. The number of hydrogen-bond donors (Lipinski definition) is 1. The van der Waals surface area contributed by atoms with Crippen LogP contribution in [0.25, 0.3) is 0 Å². The van der Waals surface area contributed by atoms with E-state index in [0.29, 0.717) is 5.02 Å². The van der Waals surface area contributed by atoms with E-state index in [0.717, 1.165) is 11.3 Å². The van der Waals surface area contributed by atoms with Crippen LogP contribution in [0.1, 0.15) is 34.6 Å². The molecule has 0 aliphatic heterocycles. The van der Waals surface area contributed by atoms with Crippen molar-refractivity contribution in [3.8, 4) is 0 Å². The van der Waals surface area contributed by atoms with E-state index in [2.05, 4.69) is 10.4 Å². The molecule has 1 aromatic carbocycles. The van der Waals surface area contributed by atoms with Crippen LogP contribution in [-0.4, -0.2) is 15.7 Å². The van der Waals surface area contributed by atoms with Crippen molar-refractivity contribution < 1.29 is 9.18 Å². The van der Waals surface area contributed by atoms with Gasteiger partial charge < -0.3 is 5.32 Å². The summed E-state index contributed by atoms with van der Waals surface area (Å²) in [6.07, 6.45) is 1.69. The lowest BCUT2D eigenvalue weighted by molar-refractivity contribution is 0.0935. The maximum absolute atomic E-state index is 13.6. The van der Waals surface area contributed by atoms with Crippen LogP contribution in [0.5, 0.6) is 0 Å². The lowest BCUT2D eigenvalue weighted by Gasteiger charge is -2.14. The molecule has 0 saturated carbocycles. The standard InChI is InChI=1S/C14H15ClFN3O/c1-8(12-7-17-19(3)9(12)2)18-14(20)11-6-10(15)4-5-13(11)16/h4-8H,1-3H3,(H,18,20)/t8-/m1/s1. The Hall–Kier alpha value is -1.88. The third kappa shape index (κ3) is 2.82. The predicted octanol–water partition coefficient (Wildman–Crippen LogP) is 3.01. The zero-order valence-corrected chi connectivity index (χ0v) is 12.2. The Kier molecular flexibility index (Phi) is 4.09. The number of carbonyl (C=O) groups is 1. The monoisotopic (exact) mass is 295 g/mol. The second kappa shape index (κ2) is 5.63. The van der Waals surface area contributed by atoms with Crippen LogP contribution in [0.3, 0.4) is 0 Å². The van der Waals surface area contributed by atoms with Gasteiger partial charge in [-0.15, -0.1) is 0 Å². The summed E-state index contributed by atoms with van der Waals surface area (Å²) in [4.78, 5) is 12.1. The lowest BCUT2D eigenvalue weighted by atomic mass is 10.1. The zero-order chi connectivity index (χ0) is 14.9. The van der Waals surface area contributed by atoms with E-state index in [1.807, 2.05) is 20.9 Å². The van der Waals surface area contributed by atoms with Gasteiger partial charge >= 0.3 is 0 Å². The lowest BCUT2D eigenvalue weighted by Crippen LogP contribution is -2.27. The minimum atomic E-state index is -0.595. The molecule has 20 heavy (non-hydrogen) atoms. The molecule has 1 aromatic heterocycles. The van der Waals surface area contributed by atoms with Gasteiger partial charge in [-0.2, -0.15) is 5.10 Å². The quantitative estimate of drug-likeness (QED) is 0.946.